The second-order valence-corrected chi connectivity index (χ2v) is 2.42. The molecule has 68 valence electrons. The Morgan fingerprint density at radius 2 is 2.42 bits per heavy atom. The average Bonchev–Trinajstić information content (AvgIpc) is 2.03. The quantitative estimate of drug-likeness (QED) is 0.621. The average molecular weight is 190 g/mol. The molecule has 0 saturated heterocycles. The number of hydrogen-bond acceptors (Lipinski definition) is 3. The molecule has 0 aromatic carbocycles. The van der Waals surface area contributed by atoms with Gasteiger partial charge in [-0.25, -0.2) is 4.79 Å². The van der Waals surface area contributed by atoms with Gasteiger partial charge in [-0.2, -0.15) is 0 Å². The predicted octanol–water partition coefficient (Wildman–Crippen LogP) is 0.795. The first-order valence-corrected chi connectivity index (χ1v) is 3.46. The Bertz CT molecular complexity index is 223. The van der Waals surface area contributed by atoms with Gasteiger partial charge < -0.3 is 10.5 Å². The summed E-state index contributed by atoms with van der Waals surface area (Å²) >= 11 is 0. The van der Waals surface area contributed by atoms with Crippen molar-refractivity contribution in [3.63, 3.8) is 0 Å². The third kappa shape index (κ3) is 2.68. The van der Waals surface area contributed by atoms with Gasteiger partial charge >= 0.3 is 5.97 Å². The van der Waals surface area contributed by atoms with Crippen LogP contribution >= 0.6 is 12.4 Å². The highest BCUT2D eigenvalue weighted by molar-refractivity contribution is 5.91. The first-order valence-electron chi connectivity index (χ1n) is 3.46. The van der Waals surface area contributed by atoms with Crippen LogP contribution in [0.15, 0.2) is 23.8 Å². The molecular formula is C8H12ClNO2. The van der Waals surface area contributed by atoms with Gasteiger partial charge in [0.05, 0.1) is 12.7 Å². The number of carbonyl (C=O) groups excluding carboxylic acids is 1. The summed E-state index contributed by atoms with van der Waals surface area (Å²) in [6.07, 6.45) is 6.11. The summed E-state index contributed by atoms with van der Waals surface area (Å²) in [5.41, 5.74) is 6.13. The standard InChI is InChI=1S/C8H11NO2.ClH/c1-11-8(10)6-3-2-4-7(9)5-6;/h2-3,5,7H,4,9H2,1H3;1H. The van der Waals surface area contributed by atoms with Crippen LogP contribution in [0.2, 0.25) is 0 Å². The van der Waals surface area contributed by atoms with E-state index >= 15 is 0 Å². The topological polar surface area (TPSA) is 52.3 Å². The molecule has 0 heterocycles. The van der Waals surface area contributed by atoms with Crippen LogP contribution < -0.4 is 5.73 Å². The van der Waals surface area contributed by atoms with Crippen LogP contribution in [0.25, 0.3) is 0 Å². The molecule has 1 unspecified atom stereocenters. The van der Waals surface area contributed by atoms with Gasteiger partial charge in [-0.05, 0) is 6.42 Å². The van der Waals surface area contributed by atoms with E-state index in [1.807, 2.05) is 6.08 Å². The SMILES string of the molecule is COC(=O)C1=CC(N)CC=C1.Cl. The van der Waals surface area contributed by atoms with Crippen molar-refractivity contribution in [3.8, 4) is 0 Å². The Labute approximate surface area is 77.7 Å². The molecule has 0 spiro atoms. The van der Waals surface area contributed by atoms with Gasteiger partial charge in [0.2, 0.25) is 0 Å². The summed E-state index contributed by atoms with van der Waals surface area (Å²) < 4.78 is 4.52. The van der Waals surface area contributed by atoms with Gasteiger partial charge in [0.15, 0.2) is 0 Å². The first kappa shape index (κ1) is 11.2. The first-order chi connectivity index (χ1) is 5.24. The van der Waals surface area contributed by atoms with E-state index < -0.39 is 0 Å². The normalized spacial score (nSPS) is 20.8. The van der Waals surface area contributed by atoms with Gasteiger partial charge in [0.1, 0.15) is 0 Å². The second-order valence-electron chi connectivity index (χ2n) is 2.42. The molecule has 1 rings (SSSR count). The van der Waals surface area contributed by atoms with Crippen molar-refractivity contribution in [2.75, 3.05) is 7.11 Å². The molecule has 0 fully saturated rings. The van der Waals surface area contributed by atoms with E-state index in [2.05, 4.69) is 4.74 Å². The highest BCUT2D eigenvalue weighted by atomic mass is 35.5. The van der Waals surface area contributed by atoms with Crippen LogP contribution in [0, 0.1) is 0 Å². The maximum absolute atomic E-state index is 10.9. The monoisotopic (exact) mass is 189 g/mol. The lowest BCUT2D eigenvalue weighted by atomic mass is 10.0. The van der Waals surface area contributed by atoms with E-state index in [4.69, 9.17) is 5.73 Å². The zero-order valence-electron chi connectivity index (χ0n) is 6.82. The lowest BCUT2D eigenvalue weighted by molar-refractivity contribution is -0.135. The van der Waals surface area contributed by atoms with Gasteiger partial charge in [-0.15, -0.1) is 12.4 Å². The Morgan fingerprint density at radius 3 is 2.92 bits per heavy atom. The molecule has 0 bridgehead atoms. The van der Waals surface area contributed by atoms with Crippen molar-refractivity contribution >= 4 is 18.4 Å². The second kappa shape index (κ2) is 4.95. The number of ether oxygens (including phenoxy) is 1. The fraction of sp³-hybridized carbons (Fsp3) is 0.375. The van der Waals surface area contributed by atoms with E-state index in [0.717, 1.165) is 6.42 Å². The van der Waals surface area contributed by atoms with Crippen LogP contribution in [-0.2, 0) is 9.53 Å². The van der Waals surface area contributed by atoms with Crippen LogP contribution in [0.5, 0.6) is 0 Å². The maximum Gasteiger partial charge on any atom is 0.337 e. The van der Waals surface area contributed by atoms with Crippen molar-refractivity contribution in [2.24, 2.45) is 5.73 Å². The minimum atomic E-state index is -0.323. The number of rotatable bonds is 1. The summed E-state index contributed by atoms with van der Waals surface area (Å²) in [4.78, 5) is 10.9. The molecule has 0 saturated carbocycles. The largest absolute Gasteiger partial charge is 0.465 e. The van der Waals surface area contributed by atoms with Gasteiger partial charge in [-0.3, -0.25) is 0 Å². The summed E-state index contributed by atoms with van der Waals surface area (Å²) in [6, 6.07) is -0.0471. The molecule has 3 nitrogen and oxygen atoms in total. The highest BCUT2D eigenvalue weighted by Gasteiger charge is 2.10. The number of halogens is 1. The Kier molecular flexibility index (Phi) is 4.62. The Morgan fingerprint density at radius 1 is 1.75 bits per heavy atom. The van der Waals surface area contributed by atoms with Crippen LogP contribution in [0.4, 0.5) is 0 Å². The highest BCUT2D eigenvalue weighted by Crippen LogP contribution is 2.09. The molecule has 0 aromatic rings. The fourth-order valence-electron chi connectivity index (χ4n) is 0.960. The van der Waals surface area contributed by atoms with Crippen molar-refractivity contribution in [1.82, 2.24) is 0 Å². The van der Waals surface area contributed by atoms with Crippen LogP contribution in [0.1, 0.15) is 6.42 Å². The Hall–Kier alpha value is -0.800. The van der Waals surface area contributed by atoms with Crippen molar-refractivity contribution < 1.29 is 9.53 Å². The zero-order valence-corrected chi connectivity index (χ0v) is 7.64. The number of hydrogen-bond donors (Lipinski definition) is 1. The summed E-state index contributed by atoms with van der Waals surface area (Å²) in [5.74, 6) is -0.323. The summed E-state index contributed by atoms with van der Waals surface area (Å²) in [5, 5.41) is 0. The number of methoxy groups -OCH3 is 1. The molecule has 0 aliphatic heterocycles. The lowest BCUT2D eigenvalue weighted by Gasteiger charge is -2.09. The zero-order chi connectivity index (χ0) is 8.27. The molecule has 4 heteroatoms. The van der Waals surface area contributed by atoms with Gasteiger partial charge in [0.25, 0.3) is 0 Å². The third-order valence-corrected chi connectivity index (χ3v) is 1.52. The summed E-state index contributed by atoms with van der Waals surface area (Å²) in [7, 11) is 1.36. The molecule has 0 aromatic heterocycles. The Balaban J connectivity index is 0.00000121. The number of carbonyl (C=O) groups is 1. The third-order valence-electron chi connectivity index (χ3n) is 1.52. The predicted molar refractivity (Wildman–Crippen MR) is 49.1 cm³/mol. The lowest BCUT2D eigenvalue weighted by Crippen LogP contribution is -2.20. The van der Waals surface area contributed by atoms with E-state index in [1.54, 1.807) is 12.2 Å². The fourth-order valence-corrected chi connectivity index (χ4v) is 0.960. The number of esters is 1. The van der Waals surface area contributed by atoms with Crippen molar-refractivity contribution in [3.05, 3.63) is 23.8 Å². The van der Waals surface area contributed by atoms with Crippen molar-refractivity contribution in [1.29, 1.82) is 0 Å². The smallest absolute Gasteiger partial charge is 0.337 e. The molecule has 0 radical (unpaired) electrons. The maximum atomic E-state index is 10.9. The molecule has 12 heavy (non-hydrogen) atoms. The van der Waals surface area contributed by atoms with E-state index in [-0.39, 0.29) is 24.4 Å². The van der Waals surface area contributed by atoms with E-state index in [1.165, 1.54) is 7.11 Å². The minimum absolute atomic E-state index is 0. The molecule has 0 amide bonds. The van der Waals surface area contributed by atoms with E-state index in [9.17, 15) is 4.79 Å². The molecule has 1 aliphatic rings. The van der Waals surface area contributed by atoms with Crippen LogP contribution in [-0.4, -0.2) is 19.1 Å². The molecule has 2 N–H and O–H groups in total. The van der Waals surface area contributed by atoms with Gasteiger partial charge in [-0.1, -0.05) is 18.2 Å². The summed E-state index contributed by atoms with van der Waals surface area (Å²) in [6.45, 7) is 0. The van der Waals surface area contributed by atoms with E-state index in [0.29, 0.717) is 5.57 Å². The molecule has 1 atom stereocenters. The van der Waals surface area contributed by atoms with Gasteiger partial charge in [0, 0.05) is 6.04 Å². The van der Waals surface area contributed by atoms with Crippen molar-refractivity contribution in [2.45, 2.75) is 12.5 Å². The molecular weight excluding hydrogens is 178 g/mol. The minimum Gasteiger partial charge on any atom is -0.465 e. The van der Waals surface area contributed by atoms with Crippen LogP contribution in [0.3, 0.4) is 0 Å². The number of nitrogens with two attached hydrogens (primary N) is 1. The molecule has 1 aliphatic carbocycles.